The van der Waals surface area contributed by atoms with E-state index in [1.807, 2.05) is 0 Å². The molecule has 0 N–H and O–H groups in total. The second-order valence-electron chi connectivity index (χ2n) is 3.64. The first kappa shape index (κ1) is 12.7. The van der Waals surface area contributed by atoms with Crippen molar-refractivity contribution < 1.29 is 23.8 Å². The van der Waals surface area contributed by atoms with Crippen LogP contribution in [0.2, 0.25) is 0 Å². The molecule has 0 saturated carbocycles. The van der Waals surface area contributed by atoms with E-state index >= 15 is 0 Å². The highest BCUT2D eigenvalue weighted by Gasteiger charge is 2.19. The van der Waals surface area contributed by atoms with Crippen LogP contribution in [0.4, 0.5) is 0 Å². The number of hydrogen-bond acceptors (Lipinski definition) is 5. The number of carbonyl (C=O) groups excluding carboxylic acids is 2. The Hall–Kier alpha value is -1.36. The molecular weight excluding hydrogens is 212 g/mol. The van der Waals surface area contributed by atoms with Crippen molar-refractivity contribution in [2.45, 2.75) is 32.5 Å². The standard InChI is InChI=1S/C11H16O5/c1-8(2)11(13)15-7-9(12)16-10-5-3-4-6-14-10/h10H,1,3-7H2,2H3. The van der Waals surface area contributed by atoms with Gasteiger partial charge in [-0.15, -0.1) is 0 Å². The maximum atomic E-state index is 11.2. The third-order valence-electron chi connectivity index (χ3n) is 2.07. The van der Waals surface area contributed by atoms with Gasteiger partial charge in [-0.2, -0.15) is 0 Å². The zero-order chi connectivity index (χ0) is 12.0. The number of rotatable bonds is 4. The Kier molecular flexibility index (Phi) is 4.98. The van der Waals surface area contributed by atoms with E-state index < -0.39 is 24.8 Å². The van der Waals surface area contributed by atoms with Gasteiger partial charge < -0.3 is 14.2 Å². The smallest absolute Gasteiger partial charge is 0.346 e. The molecule has 0 aromatic heterocycles. The van der Waals surface area contributed by atoms with E-state index in [9.17, 15) is 9.59 Å². The van der Waals surface area contributed by atoms with Gasteiger partial charge in [0.1, 0.15) is 0 Å². The molecule has 0 aromatic carbocycles. The van der Waals surface area contributed by atoms with Gasteiger partial charge in [0, 0.05) is 12.0 Å². The second-order valence-corrected chi connectivity index (χ2v) is 3.64. The topological polar surface area (TPSA) is 61.8 Å². The monoisotopic (exact) mass is 228 g/mol. The largest absolute Gasteiger partial charge is 0.450 e. The van der Waals surface area contributed by atoms with Crippen LogP contribution in [-0.2, 0) is 23.8 Å². The van der Waals surface area contributed by atoms with Gasteiger partial charge in [-0.05, 0) is 19.8 Å². The fourth-order valence-electron chi connectivity index (χ4n) is 1.23. The van der Waals surface area contributed by atoms with Crippen LogP contribution in [0.15, 0.2) is 12.2 Å². The molecule has 90 valence electrons. The Balaban J connectivity index is 2.19. The van der Waals surface area contributed by atoms with Gasteiger partial charge in [-0.25, -0.2) is 9.59 Å². The maximum Gasteiger partial charge on any atom is 0.346 e. The number of hydrogen-bond donors (Lipinski definition) is 0. The van der Waals surface area contributed by atoms with Gasteiger partial charge in [-0.3, -0.25) is 0 Å². The molecule has 1 fully saturated rings. The van der Waals surface area contributed by atoms with Crippen LogP contribution in [0.5, 0.6) is 0 Å². The van der Waals surface area contributed by atoms with Crippen LogP contribution in [0, 0.1) is 0 Å². The molecule has 0 radical (unpaired) electrons. The number of carbonyl (C=O) groups is 2. The fraction of sp³-hybridized carbons (Fsp3) is 0.636. The van der Waals surface area contributed by atoms with E-state index in [2.05, 4.69) is 11.3 Å². The first-order valence-electron chi connectivity index (χ1n) is 5.23. The van der Waals surface area contributed by atoms with Gasteiger partial charge in [0.05, 0.1) is 6.61 Å². The average molecular weight is 228 g/mol. The summed E-state index contributed by atoms with van der Waals surface area (Å²) in [5.41, 5.74) is 0.252. The van der Waals surface area contributed by atoms with Gasteiger partial charge in [0.25, 0.3) is 0 Å². The first-order valence-corrected chi connectivity index (χ1v) is 5.23. The summed E-state index contributed by atoms with van der Waals surface area (Å²) in [6, 6.07) is 0. The van der Waals surface area contributed by atoms with Gasteiger partial charge in [0.2, 0.25) is 6.29 Å². The van der Waals surface area contributed by atoms with Gasteiger partial charge in [0.15, 0.2) is 6.61 Å². The van der Waals surface area contributed by atoms with Crippen molar-refractivity contribution in [3.63, 3.8) is 0 Å². The average Bonchev–Trinajstić information content (AvgIpc) is 2.27. The molecule has 5 heteroatoms. The highest BCUT2D eigenvalue weighted by atomic mass is 16.7. The van der Waals surface area contributed by atoms with Crippen molar-refractivity contribution in [2.24, 2.45) is 0 Å². The number of ether oxygens (including phenoxy) is 3. The molecular formula is C11H16O5. The van der Waals surface area contributed by atoms with Crippen molar-refractivity contribution in [2.75, 3.05) is 13.2 Å². The Morgan fingerprint density at radius 2 is 2.19 bits per heavy atom. The zero-order valence-electron chi connectivity index (χ0n) is 9.36. The highest BCUT2D eigenvalue weighted by molar-refractivity contribution is 5.88. The highest BCUT2D eigenvalue weighted by Crippen LogP contribution is 2.13. The maximum absolute atomic E-state index is 11.2. The van der Waals surface area contributed by atoms with E-state index in [0.29, 0.717) is 13.0 Å². The van der Waals surface area contributed by atoms with Crippen LogP contribution in [0.25, 0.3) is 0 Å². The molecule has 0 aliphatic carbocycles. The molecule has 0 spiro atoms. The fourth-order valence-corrected chi connectivity index (χ4v) is 1.23. The molecule has 0 aromatic rings. The van der Waals surface area contributed by atoms with Crippen LogP contribution in [0.1, 0.15) is 26.2 Å². The quantitative estimate of drug-likeness (QED) is 0.534. The SMILES string of the molecule is C=C(C)C(=O)OCC(=O)OC1CCCCO1. The van der Waals surface area contributed by atoms with Crippen molar-refractivity contribution in [3.05, 3.63) is 12.2 Å². The first-order chi connectivity index (χ1) is 7.59. The minimum Gasteiger partial charge on any atom is -0.450 e. The predicted octanol–water partition coefficient (Wildman–Crippen LogP) is 1.18. The summed E-state index contributed by atoms with van der Waals surface area (Å²) in [7, 11) is 0. The van der Waals surface area contributed by atoms with E-state index in [4.69, 9.17) is 9.47 Å². The predicted molar refractivity (Wildman–Crippen MR) is 55.5 cm³/mol. The normalized spacial score (nSPS) is 19.9. The lowest BCUT2D eigenvalue weighted by atomic mass is 10.2. The summed E-state index contributed by atoms with van der Waals surface area (Å²) in [4.78, 5) is 22.2. The minimum absolute atomic E-state index is 0.252. The van der Waals surface area contributed by atoms with Crippen molar-refractivity contribution in [3.8, 4) is 0 Å². The molecule has 1 unspecified atom stereocenters. The lowest BCUT2D eigenvalue weighted by Crippen LogP contribution is -2.28. The van der Waals surface area contributed by atoms with Gasteiger partial charge in [-0.1, -0.05) is 6.58 Å². The summed E-state index contributed by atoms with van der Waals surface area (Å²) in [6.07, 6.45) is 2.16. The Morgan fingerprint density at radius 1 is 1.44 bits per heavy atom. The molecule has 0 amide bonds. The van der Waals surface area contributed by atoms with Gasteiger partial charge >= 0.3 is 11.9 Å². The van der Waals surface area contributed by atoms with Crippen LogP contribution >= 0.6 is 0 Å². The van der Waals surface area contributed by atoms with Crippen molar-refractivity contribution in [1.29, 1.82) is 0 Å². The van der Waals surface area contributed by atoms with E-state index in [0.717, 1.165) is 12.8 Å². The second kappa shape index (κ2) is 6.27. The Labute approximate surface area is 94.4 Å². The molecule has 5 nitrogen and oxygen atoms in total. The zero-order valence-corrected chi connectivity index (χ0v) is 9.36. The third kappa shape index (κ3) is 4.44. The molecule has 1 rings (SSSR count). The number of esters is 2. The van der Waals surface area contributed by atoms with E-state index in [-0.39, 0.29) is 5.57 Å². The lowest BCUT2D eigenvalue weighted by Gasteiger charge is -2.22. The van der Waals surface area contributed by atoms with E-state index in [1.54, 1.807) is 0 Å². The van der Waals surface area contributed by atoms with Crippen LogP contribution in [0.3, 0.4) is 0 Å². The molecule has 1 atom stereocenters. The molecule has 16 heavy (non-hydrogen) atoms. The molecule has 1 heterocycles. The van der Waals surface area contributed by atoms with Crippen molar-refractivity contribution >= 4 is 11.9 Å². The summed E-state index contributed by atoms with van der Waals surface area (Å²) < 4.78 is 14.8. The summed E-state index contributed by atoms with van der Waals surface area (Å²) in [5, 5.41) is 0. The summed E-state index contributed by atoms with van der Waals surface area (Å²) in [6.45, 7) is 5.11. The molecule has 1 aliphatic rings. The van der Waals surface area contributed by atoms with E-state index in [1.165, 1.54) is 6.92 Å². The van der Waals surface area contributed by atoms with Crippen molar-refractivity contribution in [1.82, 2.24) is 0 Å². The summed E-state index contributed by atoms with van der Waals surface area (Å²) >= 11 is 0. The Bertz CT molecular complexity index is 278. The summed E-state index contributed by atoms with van der Waals surface area (Å²) in [5.74, 6) is -1.19. The lowest BCUT2D eigenvalue weighted by molar-refractivity contribution is -0.191. The minimum atomic E-state index is -0.596. The van der Waals surface area contributed by atoms with Crippen LogP contribution < -0.4 is 0 Å². The third-order valence-corrected chi connectivity index (χ3v) is 2.07. The van der Waals surface area contributed by atoms with Crippen LogP contribution in [-0.4, -0.2) is 31.4 Å². The Morgan fingerprint density at radius 3 is 2.75 bits per heavy atom. The molecule has 1 aliphatic heterocycles. The molecule has 1 saturated heterocycles. The molecule has 0 bridgehead atoms.